The predicted molar refractivity (Wildman–Crippen MR) is 114 cm³/mol. The van der Waals surface area contributed by atoms with E-state index in [2.05, 4.69) is 5.32 Å². The fourth-order valence-corrected chi connectivity index (χ4v) is 2.71. The summed E-state index contributed by atoms with van der Waals surface area (Å²) >= 11 is 5.77. The van der Waals surface area contributed by atoms with Crippen LogP contribution >= 0.6 is 11.6 Å². The molecule has 0 saturated carbocycles. The van der Waals surface area contributed by atoms with Crippen molar-refractivity contribution in [1.82, 2.24) is 5.32 Å². The van der Waals surface area contributed by atoms with Gasteiger partial charge in [0, 0.05) is 16.7 Å². The molecule has 0 aliphatic heterocycles. The van der Waals surface area contributed by atoms with Gasteiger partial charge in [0.2, 0.25) is 5.75 Å². The number of hydrogen-bond donors (Lipinski definition) is 1. The largest absolute Gasteiger partial charge is 0.452 e. The Kier molecular flexibility index (Phi) is 7.14. The molecule has 32 heavy (non-hydrogen) atoms. The minimum atomic E-state index is -0.795. The fourth-order valence-electron chi connectivity index (χ4n) is 2.54. The highest BCUT2D eigenvalue weighted by Crippen LogP contribution is 2.33. The number of rotatable bonds is 7. The van der Waals surface area contributed by atoms with Crippen LogP contribution in [-0.4, -0.2) is 29.3 Å². The van der Waals surface area contributed by atoms with Gasteiger partial charge in [0.05, 0.1) is 10.5 Å². The number of imide groups is 1. The quantitative estimate of drug-likeness (QED) is 0.323. The van der Waals surface area contributed by atoms with Gasteiger partial charge in [-0.2, -0.15) is 0 Å². The van der Waals surface area contributed by atoms with E-state index in [1.807, 2.05) is 0 Å². The van der Waals surface area contributed by atoms with Crippen molar-refractivity contribution >= 4 is 35.1 Å². The van der Waals surface area contributed by atoms with E-state index < -0.39 is 29.3 Å². The molecule has 0 aliphatic carbocycles. The Balaban J connectivity index is 1.56. The maximum Gasteiger partial charge on any atom is 0.338 e. The monoisotopic (exact) mass is 454 g/mol. The lowest BCUT2D eigenvalue weighted by atomic mass is 10.2. The fraction of sp³-hybridized carbons (Fsp3) is 0.0455. The smallest absolute Gasteiger partial charge is 0.338 e. The van der Waals surface area contributed by atoms with Crippen molar-refractivity contribution in [2.75, 3.05) is 6.61 Å². The molecule has 0 spiro atoms. The van der Waals surface area contributed by atoms with Crippen LogP contribution in [0.5, 0.6) is 11.5 Å². The van der Waals surface area contributed by atoms with Gasteiger partial charge in [-0.05, 0) is 48.5 Å². The maximum absolute atomic E-state index is 12.1. The zero-order chi connectivity index (χ0) is 23.1. The zero-order valence-electron chi connectivity index (χ0n) is 16.3. The number of esters is 1. The first kappa shape index (κ1) is 22.4. The Morgan fingerprint density at radius 1 is 0.938 bits per heavy atom. The molecule has 0 heterocycles. The lowest BCUT2D eigenvalue weighted by molar-refractivity contribution is -0.385. The number of carbonyl (C=O) groups excluding carboxylic acids is 3. The van der Waals surface area contributed by atoms with Crippen LogP contribution in [-0.2, 0) is 9.53 Å². The van der Waals surface area contributed by atoms with Crippen molar-refractivity contribution in [3.8, 4) is 11.5 Å². The van der Waals surface area contributed by atoms with Crippen LogP contribution in [0.15, 0.2) is 72.8 Å². The van der Waals surface area contributed by atoms with Gasteiger partial charge in [-0.15, -0.1) is 0 Å². The number of carbonyl (C=O) groups is 3. The molecular formula is C22H15ClN2O7. The lowest BCUT2D eigenvalue weighted by Crippen LogP contribution is -2.34. The summed E-state index contributed by atoms with van der Waals surface area (Å²) in [5.74, 6) is -1.96. The third kappa shape index (κ3) is 5.89. The zero-order valence-corrected chi connectivity index (χ0v) is 17.1. The molecule has 3 rings (SSSR count). The molecule has 0 saturated heterocycles. The second-order valence-corrected chi connectivity index (χ2v) is 6.75. The first-order valence-corrected chi connectivity index (χ1v) is 9.49. The molecule has 0 bridgehead atoms. The Morgan fingerprint density at radius 2 is 1.62 bits per heavy atom. The molecule has 1 N–H and O–H groups in total. The number of ether oxygens (including phenoxy) is 2. The van der Waals surface area contributed by atoms with Crippen LogP contribution in [0.2, 0.25) is 5.02 Å². The minimum Gasteiger partial charge on any atom is -0.452 e. The van der Waals surface area contributed by atoms with Gasteiger partial charge in [-0.1, -0.05) is 29.8 Å². The van der Waals surface area contributed by atoms with Crippen molar-refractivity contribution in [1.29, 1.82) is 0 Å². The van der Waals surface area contributed by atoms with E-state index in [1.165, 1.54) is 48.5 Å². The van der Waals surface area contributed by atoms with Crippen LogP contribution < -0.4 is 10.1 Å². The molecule has 162 valence electrons. The molecule has 3 aromatic carbocycles. The summed E-state index contributed by atoms with van der Waals surface area (Å²) in [6, 6.07) is 17.6. The highest BCUT2D eigenvalue weighted by Gasteiger charge is 2.17. The van der Waals surface area contributed by atoms with Crippen molar-refractivity contribution in [2.45, 2.75) is 0 Å². The van der Waals surface area contributed by atoms with Gasteiger partial charge in [-0.25, -0.2) is 4.79 Å². The van der Waals surface area contributed by atoms with Crippen molar-refractivity contribution in [3.63, 3.8) is 0 Å². The molecule has 10 heteroatoms. The molecule has 0 aromatic heterocycles. The van der Waals surface area contributed by atoms with Gasteiger partial charge in [-0.3, -0.25) is 25.0 Å². The SMILES string of the molecule is O=C(COC(=O)c1ccc(Oc2ccc(Cl)cc2[N+](=O)[O-])cc1)NC(=O)c1ccccc1. The summed E-state index contributed by atoms with van der Waals surface area (Å²) in [5.41, 5.74) is 0.103. The Bertz CT molecular complexity index is 1160. The molecule has 0 radical (unpaired) electrons. The average molecular weight is 455 g/mol. The lowest BCUT2D eigenvalue weighted by Gasteiger charge is -2.08. The average Bonchev–Trinajstić information content (AvgIpc) is 2.79. The summed E-state index contributed by atoms with van der Waals surface area (Å²) in [7, 11) is 0. The number of hydrogen-bond acceptors (Lipinski definition) is 7. The third-order valence-corrected chi connectivity index (χ3v) is 4.29. The molecule has 0 aliphatic rings. The topological polar surface area (TPSA) is 125 Å². The van der Waals surface area contributed by atoms with E-state index in [-0.39, 0.29) is 27.8 Å². The highest BCUT2D eigenvalue weighted by atomic mass is 35.5. The van der Waals surface area contributed by atoms with E-state index in [0.29, 0.717) is 5.56 Å². The van der Waals surface area contributed by atoms with Gasteiger partial charge >= 0.3 is 11.7 Å². The Morgan fingerprint density at radius 3 is 2.28 bits per heavy atom. The van der Waals surface area contributed by atoms with E-state index in [1.54, 1.807) is 18.2 Å². The van der Waals surface area contributed by atoms with E-state index in [0.717, 1.165) is 6.07 Å². The van der Waals surface area contributed by atoms with Crippen LogP contribution in [0.1, 0.15) is 20.7 Å². The van der Waals surface area contributed by atoms with Crippen molar-refractivity contribution in [2.24, 2.45) is 0 Å². The summed E-state index contributed by atoms with van der Waals surface area (Å²) < 4.78 is 10.4. The minimum absolute atomic E-state index is 0.0190. The molecule has 9 nitrogen and oxygen atoms in total. The summed E-state index contributed by atoms with van der Waals surface area (Å²) in [6.45, 7) is -0.646. The number of halogens is 1. The molecular weight excluding hydrogens is 440 g/mol. The van der Waals surface area contributed by atoms with E-state index >= 15 is 0 Å². The molecule has 0 atom stereocenters. The Hall–Kier alpha value is -4.24. The van der Waals surface area contributed by atoms with Gasteiger partial charge in [0.15, 0.2) is 6.61 Å². The second-order valence-electron chi connectivity index (χ2n) is 6.32. The molecule has 3 aromatic rings. The van der Waals surface area contributed by atoms with E-state index in [9.17, 15) is 24.5 Å². The number of nitrogens with one attached hydrogen (secondary N) is 1. The highest BCUT2D eigenvalue weighted by molar-refractivity contribution is 6.30. The van der Waals surface area contributed by atoms with E-state index in [4.69, 9.17) is 21.1 Å². The number of nitro benzene ring substituents is 1. The normalized spacial score (nSPS) is 10.2. The van der Waals surface area contributed by atoms with Crippen LogP contribution in [0.4, 0.5) is 5.69 Å². The molecule has 0 unspecified atom stereocenters. The second kappa shape index (κ2) is 10.2. The Labute approximate surface area is 186 Å². The standard InChI is InChI=1S/C22H15ClN2O7/c23-16-8-11-19(18(12-16)25(29)30)32-17-9-6-15(7-10-17)22(28)31-13-20(26)24-21(27)14-4-2-1-3-5-14/h1-12H,13H2,(H,24,26,27). The predicted octanol–water partition coefficient (Wildman–Crippen LogP) is 4.15. The van der Waals surface area contributed by atoms with Crippen LogP contribution in [0.25, 0.3) is 0 Å². The summed E-state index contributed by atoms with van der Waals surface area (Å²) in [6.07, 6.45) is 0. The van der Waals surface area contributed by atoms with Gasteiger partial charge < -0.3 is 9.47 Å². The first-order chi connectivity index (χ1) is 15.3. The van der Waals surface area contributed by atoms with Crippen LogP contribution in [0.3, 0.4) is 0 Å². The first-order valence-electron chi connectivity index (χ1n) is 9.11. The van der Waals surface area contributed by atoms with Crippen molar-refractivity contribution < 1.29 is 28.8 Å². The number of nitro groups is 1. The number of benzene rings is 3. The van der Waals surface area contributed by atoms with Crippen LogP contribution in [0, 0.1) is 10.1 Å². The number of nitrogens with zero attached hydrogens (tertiary/aromatic N) is 1. The molecule has 2 amide bonds. The summed E-state index contributed by atoms with van der Waals surface area (Å²) in [5, 5.41) is 13.4. The van der Waals surface area contributed by atoms with Gasteiger partial charge in [0.1, 0.15) is 5.75 Å². The summed E-state index contributed by atoms with van der Waals surface area (Å²) in [4.78, 5) is 46.4. The van der Waals surface area contributed by atoms with Gasteiger partial charge in [0.25, 0.3) is 11.8 Å². The number of amides is 2. The van der Waals surface area contributed by atoms with Crippen molar-refractivity contribution in [3.05, 3.63) is 99.1 Å². The third-order valence-electron chi connectivity index (χ3n) is 4.06. The maximum atomic E-state index is 12.1. The molecule has 0 fully saturated rings.